The molecule has 3 heteroatoms. The van der Waals surface area contributed by atoms with Gasteiger partial charge < -0.3 is 10.4 Å². The van der Waals surface area contributed by atoms with Gasteiger partial charge >= 0.3 is 0 Å². The van der Waals surface area contributed by atoms with Gasteiger partial charge in [0.1, 0.15) is 0 Å². The van der Waals surface area contributed by atoms with Crippen molar-refractivity contribution in [2.45, 2.75) is 56.4 Å². The molecule has 0 spiro atoms. The molecule has 0 bridgehead atoms. The van der Waals surface area contributed by atoms with Crippen LogP contribution >= 0.6 is 0 Å². The van der Waals surface area contributed by atoms with Gasteiger partial charge in [0.2, 0.25) is 5.91 Å². The molecule has 0 saturated heterocycles. The smallest absolute Gasteiger partial charge is 0.221 e. The van der Waals surface area contributed by atoms with Crippen molar-refractivity contribution in [3.63, 3.8) is 0 Å². The van der Waals surface area contributed by atoms with Crippen LogP contribution in [0.4, 0.5) is 0 Å². The molecule has 0 aliphatic heterocycles. The Morgan fingerprint density at radius 2 is 2.05 bits per heavy atom. The quantitative estimate of drug-likeness (QED) is 0.885. The molecule has 2 aliphatic rings. The minimum absolute atomic E-state index is 0.0694. The molecule has 1 saturated carbocycles. The Bertz CT molecular complexity index is 492. The van der Waals surface area contributed by atoms with E-state index >= 15 is 0 Å². The molecule has 1 aromatic rings. The van der Waals surface area contributed by atoms with Crippen molar-refractivity contribution in [3.05, 3.63) is 35.4 Å². The van der Waals surface area contributed by atoms with E-state index in [4.69, 9.17) is 0 Å². The van der Waals surface area contributed by atoms with Gasteiger partial charge in [-0.1, -0.05) is 37.1 Å². The van der Waals surface area contributed by atoms with Crippen LogP contribution in [0.3, 0.4) is 0 Å². The Morgan fingerprint density at radius 1 is 1.30 bits per heavy atom. The molecule has 1 fully saturated rings. The van der Waals surface area contributed by atoms with Gasteiger partial charge in [-0.25, -0.2) is 0 Å². The Kier molecular flexibility index (Phi) is 3.79. The maximum Gasteiger partial charge on any atom is 0.221 e. The standard InChI is InChI=1S/C17H23NO2/c19-12-17(9-3-4-10-17)18-16(20)11-14-8-7-13-5-1-2-6-15(13)14/h1-2,5-6,14,19H,3-4,7-12H2,(H,18,20). The molecular weight excluding hydrogens is 250 g/mol. The summed E-state index contributed by atoms with van der Waals surface area (Å²) in [5.41, 5.74) is 2.39. The number of hydrogen-bond acceptors (Lipinski definition) is 2. The van der Waals surface area contributed by atoms with Crippen molar-refractivity contribution in [3.8, 4) is 0 Å². The van der Waals surface area contributed by atoms with E-state index in [0.717, 1.165) is 38.5 Å². The lowest BCUT2D eigenvalue weighted by Gasteiger charge is -2.28. The fraction of sp³-hybridized carbons (Fsp3) is 0.588. The van der Waals surface area contributed by atoms with Crippen LogP contribution in [-0.2, 0) is 11.2 Å². The SMILES string of the molecule is O=C(CC1CCc2ccccc21)NC1(CO)CCCC1. The first-order valence-corrected chi connectivity index (χ1v) is 7.72. The summed E-state index contributed by atoms with van der Waals surface area (Å²) in [4.78, 5) is 12.3. The van der Waals surface area contributed by atoms with Crippen LogP contribution in [-0.4, -0.2) is 23.2 Å². The summed E-state index contributed by atoms with van der Waals surface area (Å²) in [5, 5.41) is 12.7. The zero-order valence-corrected chi connectivity index (χ0v) is 11.9. The minimum Gasteiger partial charge on any atom is -0.394 e. The average molecular weight is 273 g/mol. The molecule has 20 heavy (non-hydrogen) atoms. The van der Waals surface area contributed by atoms with Crippen molar-refractivity contribution in [2.75, 3.05) is 6.61 Å². The first kappa shape index (κ1) is 13.6. The molecule has 2 aliphatic carbocycles. The second-order valence-corrected chi connectivity index (χ2v) is 6.33. The van der Waals surface area contributed by atoms with Crippen LogP contribution in [0.15, 0.2) is 24.3 Å². The van der Waals surface area contributed by atoms with E-state index < -0.39 is 0 Å². The van der Waals surface area contributed by atoms with Crippen LogP contribution in [0.1, 0.15) is 55.6 Å². The molecule has 1 unspecified atom stereocenters. The third-order valence-electron chi connectivity index (χ3n) is 4.96. The van der Waals surface area contributed by atoms with Crippen molar-refractivity contribution >= 4 is 5.91 Å². The lowest BCUT2D eigenvalue weighted by Crippen LogP contribution is -2.49. The molecule has 108 valence electrons. The Hall–Kier alpha value is -1.35. The van der Waals surface area contributed by atoms with Crippen molar-refractivity contribution in [1.29, 1.82) is 0 Å². The van der Waals surface area contributed by atoms with E-state index in [1.807, 2.05) is 0 Å². The summed E-state index contributed by atoms with van der Waals surface area (Å²) >= 11 is 0. The van der Waals surface area contributed by atoms with E-state index in [2.05, 4.69) is 29.6 Å². The molecule has 3 nitrogen and oxygen atoms in total. The summed E-state index contributed by atoms with van der Waals surface area (Å²) in [6.07, 6.45) is 6.74. The maximum absolute atomic E-state index is 12.3. The number of carbonyl (C=O) groups excluding carboxylic acids is 1. The molecule has 0 radical (unpaired) electrons. The third-order valence-corrected chi connectivity index (χ3v) is 4.96. The largest absolute Gasteiger partial charge is 0.394 e. The van der Waals surface area contributed by atoms with E-state index in [-0.39, 0.29) is 18.1 Å². The monoisotopic (exact) mass is 273 g/mol. The third kappa shape index (κ3) is 2.59. The molecular formula is C17H23NO2. The fourth-order valence-electron chi connectivity index (χ4n) is 3.80. The zero-order chi connectivity index (χ0) is 14.0. The van der Waals surface area contributed by atoms with Gasteiger partial charge in [-0.15, -0.1) is 0 Å². The fourth-order valence-corrected chi connectivity index (χ4v) is 3.80. The second-order valence-electron chi connectivity index (χ2n) is 6.33. The minimum atomic E-state index is -0.338. The Balaban J connectivity index is 1.63. The Morgan fingerprint density at radius 3 is 2.80 bits per heavy atom. The van der Waals surface area contributed by atoms with Gasteiger partial charge in [0.25, 0.3) is 0 Å². The number of benzene rings is 1. The number of aliphatic hydroxyl groups excluding tert-OH is 1. The van der Waals surface area contributed by atoms with Crippen molar-refractivity contribution in [1.82, 2.24) is 5.32 Å². The second kappa shape index (κ2) is 5.57. The van der Waals surface area contributed by atoms with Crippen molar-refractivity contribution in [2.24, 2.45) is 0 Å². The summed E-state index contributed by atoms with van der Waals surface area (Å²) in [7, 11) is 0. The molecule has 1 atom stereocenters. The highest BCUT2D eigenvalue weighted by atomic mass is 16.3. The summed E-state index contributed by atoms with van der Waals surface area (Å²) in [6, 6.07) is 8.44. The first-order valence-electron chi connectivity index (χ1n) is 7.72. The normalized spacial score (nSPS) is 23.6. The van der Waals surface area contributed by atoms with Gasteiger partial charge in [0.15, 0.2) is 0 Å². The molecule has 3 rings (SSSR count). The van der Waals surface area contributed by atoms with E-state index in [9.17, 15) is 9.90 Å². The number of rotatable bonds is 4. The molecule has 2 N–H and O–H groups in total. The van der Waals surface area contributed by atoms with Crippen molar-refractivity contribution < 1.29 is 9.90 Å². The predicted octanol–water partition coefficient (Wildman–Crippen LogP) is 2.53. The Labute approximate surface area is 120 Å². The molecule has 0 heterocycles. The lowest BCUT2D eigenvalue weighted by molar-refractivity contribution is -0.124. The van der Waals surface area contributed by atoms with Gasteiger partial charge in [-0.3, -0.25) is 4.79 Å². The summed E-state index contributed by atoms with van der Waals surface area (Å²) in [6.45, 7) is 0.0694. The number of amides is 1. The van der Waals surface area contributed by atoms with Gasteiger partial charge in [0.05, 0.1) is 12.1 Å². The van der Waals surface area contributed by atoms with Crippen LogP contribution in [0.5, 0.6) is 0 Å². The van der Waals surface area contributed by atoms with Crippen LogP contribution < -0.4 is 5.32 Å². The number of aliphatic hydroxyl groups is 1. The predicted molar refractivity (Wildman–Crippen MR) is 78.5 cm³/mol. The van der Waals surface area contributed by atoms with Gasteiger partial charge in [0, 0.05) is 6.42 Å². The number of hydrogen-bond donors (Lipinski definition) is 2. The number of aryl methyl sites for hydroxylation is 1. The number of fused-ring (bicyclic) bond motifs is 1. The topological polar surface area (TPSA) is 49.3 Å². The zero-order valence-electron chi connectivity index (χ0n) is 11.9. The van der Waals surface area contributed by atoms with Gasteiger partial charge in [-0.2, -0.15) is 0 Å². The van der Waals surface area contributed by atoms with E-state index in [1.165, 1.54) is 11.1 Å². The number of carbonyl (C=O) groups is 1. The van der Waals surface area contributed by atoms with E-state index in [0.29, 0.717) is 12.3 Å². The lowest BCUT2D eigenvalue weighted by atomic mass is 9.95. The molecule has 1 amide bonds. The summed E-state index contributed by atoms with van der Waals surface area (Å²) in [5.74, 6) is 0.450. The summed E-state index contributed by atoms with van der Waals surface area (Å²) < 4.78 is 0. The van der Waals surface area contributed by atoms with Gasteiger partial charge in [-0.05, 0) is 42.7 Å². The first-order chi connectivity index (χ1) is 9.72. The highest BCUT2D eigenvalue weighted by Gasteiger charge is 2.35. The maximum atomic E-state index is 12.3. The highest BCUT2D eigenvalue weighted by Crippen LogP contribution is 2.36. The number of nitrogens with one attached hydrogen (secondary N) is 1. The van der Waals surface area contributed by atoms with Crippen LogP contribution in [0.2, 0.25) is 0 Å². The highest BCUT2D eigenvalue weighted by molar-refractivity contribution is 5.78. The molecule has 0 aromatic heterocycles. The van der Waals surface area contributed by atoms with Crippen LogP contribution in [0.25, 0.3) is 0 Å². The average Bonchev–Trinajstić information content (AvgIpc) is 3.07. The van der Waals surface area contributed by atoms with Crippen LogP contribution in [0, 0.1) is 0 Å². The van der Waals surface area contributed by atoms with E-state index in [1.54, 1.807) is 0 Å². The molecule has 1 aromatic carbocycles.